The molecular weight excluding hydrogens is 244 g/mol. The van der Waals surface area contributed by atoms with Gasteiger partial charge in [0, 0.05) is 0 Å². The summed E-state index contributed by atoms with van der Waals surface area (Å²) < 4.78 is 9.99. The van der Waals surface area contributed by atoms with E-state index < -0.39 is 6.10 Å². The van der Waals surface area contributed by atoms with Crippen LogP contribution in [0, 0.1) is 0 Å². The van der Waals surface area contributed by atoms with Crippen molar-refractivity contribution in [2.24, 2.45) is 0 Å². The highest BCUT2D eigenvalue weighted by Gasteiger charge is 2.07. The van der Waals surface area contributed by atoms with Gasteiger partial charge >= 0.3 is 0 Å². The Hall–Kier alpha value is -1.59. The summed E-state index contributed by atoms with van der Waals surface area (Å²) >= 11 is 6.01. The van der Waals surface area contributed by atoms with Crippen LogP contribution in [0.3, 0.4) is 0 Å². The lowest BCUT2D eigenvalue weighted by molar-refractivity contribution is 0.199. The van der Waals surface area contributed by atoms with Gasteiger partial charge in [0.15, 0.2) is 6.61 Å². The topological polar surface area (TPSA) is 68.4 Å². The second-order valence-electron chi connectivity index (χ2n) is 3.50. The van der Waals surface area contributed by atoms with Crippen molar-refractivity contribution in [2.45, 2.75) is 19.6 Å². The molecule has 6 heteroatoms. The van der Waals surface area contributed by atoms with Crippen molar-refractivity contribution in [1.82, 2.24) is 10.1 Å². The molecule has 17 heavy (non-hydrogen) atoms. The van der Waals surface area contributed by atoms with Gasteiger partial charge in [-0.2, -0.15) is 4.98 Å². The fourth-order valence-electron chi connectivity index (χ4n) is 1.29. The molecule has 90 valence electrons. The van der Waals surface area contributed by atoms with Crippen LogP contribution in [0.15, 0.2) is 29.1 Å². The second kappa shape index (κ2) is 5.16. The molecule has 0 aliphatic heterocycles. The van der Waals surface area contributed by atoms with Crippen LogP contribution in [0.25, 0.3) is 0 Å². The van der Waals surface area contributed by atoms with Gasteiger partial charge in [0.05, 0.1) is 11.1 Å². The number of nitrogens with zero attached hydrogens (tertiary/aromatic N) is 2. The Balaban J connectivity index is 2.06. The van der Waals surface area contributed by atoms with E-state index >= 15 is 0 Å². The zero-order chi connectivity index (χ0) is 12.3. The van der Waals surface area contributed by atoms with Gasteiger partial charge in [0.2, 0.25) is 12.2 Å². The summed E-state index contributed by atoms with van der Waals surface area (Å²) in [6, 6.07) is 5.12. The fourth-order valence-corrected chi connectivity index (χ4v) is 1.54. The van der Waals surface area contributed by atoms with Gasteiger partial charge < -0.3 is 14.4 Å². The minimum atomic E-state index is -0.557. The van der Waals surface area contributed by atoms with Crippen LogP contribution in [0.4, 0.5) is 0 Å². The van der Waals surface area contributed by atoms with Crippen LogP contribution in [0.2, 0.25) is 5.02 Å². The first kappa shape index (κ1) is 11.9. The second-order valence-corrected chi connectivity index (χ2v) is 3.91. The molecule has 2 aromatic rings. The molecule has 0 amide bonds. The average Bonchev–Trinajstić information content (AvgIpc) is 2.80. The minimum absolute atomic E-state index is 0.185. The first-order valence-corrected chi connectivity index (χ1v) is 5.40. The van der Waals surface area contributed by atoms with Crippen LogP contribution in [-0.2, 0) is 6.61 Å². The summed E-state index contributed by atoms with van der Waals surface area (Å²) in [6.45, 7) is 1.86. The number of aromatic nitrogens is 2. The molecule has 1 atom stereocenters. The van der Waals surface area contributed by atoms with Gasteiger partial charge in [0.1, 0.15) is 5.75 Å². The maximum atomic E-state index is 9.39. The van der Waals surface area contributed by atoms with E-state index in [1.165, 1.54) is 6.39 Å². The molecule has 0 radical (unpaired) electrons. The third kappa shape index (κ3) is 2.95. The molecule has 0 saturated carbocycles. The lowest BCUT2D eigenvalue weighted by Gasteiger charge is -2.09. The SMILES string of the molecule is CC(O)c1ccc(OCc2ncon2)c(Cl)c1. The quantitative estimate of drug-likeness (QED) is 0.907. The number of benzene rings is 1. The van der Waals surface area contributed by atoms with Crippen LogP contribution < -0.4 is 4.74 Å². The summed E-state index contributed by atoms with van der Waals surface area (Å²) in [5.41, 5.74) is 0.738. The van der Waals surface area contributed by atoms with Gasteiger partial charge in [-0.15, -0.1) is 0 Å². The Labute approximate surface area is 103 Å². The van der Waals surface area contributed by atoms with E-state index in [0.717, 1.165) is 5.56 Å². The number of hydrogen-bond donors (Lipinski definition) is 1. The summed E-state index contributed by atoms with van der Waals surface area (Å²) in [4.78, 5) is 3.82. The van der Waals surface area contributed by atoms with Crippen LogP contribution in [0.5, 0.6) is 5.75 Å². The van der Waals surface area contributed by atoms with Crippen LogP contribution in [-0.4, -0.2) is 15.2 Å². The molecule has 1 aromatic carbocycles. The Morgan fingerprint density at radius 3 is 2.94 bits per heavy atom. The van der Waals surface area contributed by atoms with E-state index in [-0.39, 0.29) is 6.61 Å². The Morgan fingerprint density at radius 2 is 2.35 bits per heavy atom. The van der Waals surface area contributed by atoms with E-state index in [9.17, 15) is 5.11 Å². The van der Waals surface area contributed by atoms with E-state index in [0.29, 0.717) is 16.6 Å². The molecule has 0 aliphatic rings. The summed E-state index contributed by atoms with van der Waals surface area (Å²) in [5.74, 6) is 0.960. The van der Waals surface area contributed by atoms with Crippen LogP contribution in [0.1, 0.15) is 24.4 Å². The Morgan fingerprint density at radius 1 is 1.53 bits per heavy atom. The molecule has 0 saturated heterocycles. The van der Waals surface area contributed by atoms with Crippen molar-refractivity contribution < 1.29 is 14.4 Å². The highest BCUT2D eigenvalue weighted by Crippen LogP contribution is 2.28. The third-order valence-electron chi connectivity index (χ3n) is 2.20. The van der Waals surface area contributed by atoms with Crippen molar-refractivity contribution in [2.75, 3.05) is 0 Å². The summed E-state index contributed by atoms with van der Waals surface area (Å²) in [5, 5.41) is 13.4. The van der Waals surface area contributed by atoms with Gasteiger partial charge in [-0.3, -0.25) is 0 Å². The Bertz CT molecular complexity index is 485. The van der Waals surface area contributed by atoms with E-state index in [1.807, 2.05) is 0 Å². The van der Waals surface area contributed by atoms with Crippen molar-refractivity contribution in [3.05, 3.63) is 41.0 Å². The number of ether oxygens (including phenoxy) is 1. The highest BCUT2D eigenvalue weighted by atomic mass is 35.5. The fraction of sp³-hybridized carbons (Fsp3) is 0.273. The van der Waals surface area contributed by atoms with Crippen molar-refractivity contribution in [3.63, 3.8) is 0 Å². The molecule has 0 aliphatic carbocycles. The molecule has 0 fully saturated rings. The van der Waals surface area contributed by atoms with E-state index in [1.54, 1.807) is 25.1 Å². The zero-order valence-corrected chi connectivity index (χ0v) is 9.89. The first-order valence-electron chi connectivity index (χ1n) is 5.02. The molecule has 0 spiro atoms. The smallest absolute Gasteiger partial charge is 0.213 e. The molecule has 1 aromatic heterocycles. The number of aliphatic hydroxyl groups is 1. The van der Waals surface area contributed by atoms with Crippen molar-refractivity contribution in [3.8, 4) is 5.75 Å². The predicted octanol–water partition coefficient (Wildman–Crippen LogP) is 2.36. The van der Waals surface area contributed by atoms with Crippen molar-refractivity contribution in [1.29, 1.82) is 0 Å². The highest BCUT2D eigenvalue weighted by molar-refractivity contribution is 6.32. The van der Waals surface area contributed by atoms with Crippen LogP contribution >= 0.6 is 11.6 Å². The summed E-state index contributed by atoms with van der Waals surface area (Å²) in [7, 11) is 0. The molecular formula is C11H11ClN2O3. The zero-order valence-electron chi connectivity index (χ0n) is 9.13. The summed E-state index contributed by atoms with van der Waals surface area (Å²) in [6.07, 6.45) is 0.676. The van der Waals surface area contributed by atoms with Gasteiger partial charge in [-0.1, -0.05) is 22.8 Å². The largest absolute Gasteiger partial charge is 0.484 e. The van der Waals surface area contributed by atoms with Gasteiger partial charge in [0.25, 0.3) is 0 Å². The standard InChI is InChI=1S/C11H11ClN2O3/c1-7(15)8-2-3-10(9(12)4-8)16-5-11-13-6-17-14-11/h2-4,6-7,15H,5H2,1H3. The first-order chi connectivity index (χ1) is 8.16. The number of aliphatic hydroxyl groups excluding tert-OH is 1. The molecule has 1 unspecified atom stereocenters. The minimum Gasteiger partial charge on any atom is -0.484 e. The van der Waals surface area contributed by atoms with E-state index in [2.05, 4.69) is 14.7 Å². The van der Waals surface area contributed by atoms with Gasteiger partial charge in [-0.05, 0) is 24.6 Å². The van der Waals surface area contributed by atoms with E-state index in [4.69, 9.17) is 16.3 Å². The number of hydrogen-bond acceptors (Lipinski definition) is 5. The lowest BCUT2D eigenvalue weighted by Crippen LogP contribution is -1.99. The monoisotopic (exact) mass is 254 g/mol. The maximum Gasteiger partial charge on any atom is 0.213 e. The third-order valence-corrected chi connectivity index (χ3v) is 2.50. The maximum absolute atomic E-state index is 9.39. The molecule has 0 bridgehead atoms. The number of halogens is 1. The Kier molecular flexibility index (Phi) is 3.61. The molecule has 1 heterocycles. The average molecular weight is 255 g/mol. The molecule has 5 nitrogen and oxygen atoms in total. The van der Waals surface area contributed by atoms with Crippen molar-refractivity contribution >= 4 is 11.6 Å². The predicted molar refractivity (Wildman–Crippen MR) is 60.7 cm³/mol. The lowest BCUT2D eigenvalue weighted by atomic mass is 10.1. The normalized spacial score (nSPS) is 12.4. The molecule has 1 N–H and O–H groups in total. The molecule has 2 rings (SSSR count). The van der Waals surface area contributed by atoms with Gasteiger partial charge in [-0.25, -0.2) is 0 Å². The number of rotatable bonds is 4.